The van der Waals surface area contributed by atoms with E-state index in [1.807, 2.05) is 0 Å². The molecule has 2 saturated heterocycles. The van der Waals surface area contributed by atoms with Gasteiger partial charge in [0.25, 0.3) is 0 Å². The summed E-state index contributed by atoms with van der Waals surface area (Å²) in [7, 11) is 0. The molecule has 20 nitrogen and oxygen atoms in total. The summed E-state index contributed by atoms with van der Waals surface area (Å²) in [5, 5.41) is 68.2. The number of benzene rings is 2. The highest BCUT2D eigenvalue weighted by Gasteiger charge is 2.35. The van der Waals surface area contributed by atoms with Crippen LogP contribution >= 0.6 is 0 Å². The van der Waals surface area contributed by atoms with Gasteiger partial charge in [-0.05, 0) is 63.5 Å². The maximum Gasteiger partial charge on any atom is 0.341 e. The number of anilines is 2. The Morgan fingerprint density at radius 2 is 0.971 bits per heavy atom. The molecule has 4 heterocycles. The summed E-state index contributed by atoms with van der Waals surface area (Å²) in [6.45, 7) is 1.63. The number of rotatable bonds is 15. The van der Waals surface area contributed by atoms with E-state index in [0.29, 0.717) is 64.5 Å². The molecule has 0 radical (unpaired) electrons. The number of carboxylic acids is 2. The highest BCUT2D eigenvalue weighted by molar-refractivity contribution is 5.97. The van der Waals surface area contributed by atoms with Gasteiger partial charge in [-0.1, -0.05) is 12.8 Å². The van der Waals surface area contributed by atoms with E-state index in [9.17, 15) is 29.4 Å². The van der Waals surface area contributed by atoms with E-state index in [2.05, 4.69) is 31.9 Å². The quantitative estimate of drug-likeness (QED) is 0.0351. The number of halogens is 4. The zero-order chi connectivity index (χ0) is 48.6. The van der Waals surface area contributed by atoms with Crippen molar-refractivity contribution in [3.05, 3.63) is 79.4 Å². The summed E-state index contributed by atoms with van der Waals surface area (Å²) in [5.74, 6) is -7.40. The number of carbonyl (C=O) groups is 2. The molecule has 8 rings (SSSR count). The number of aromatic nitrogens is 2. The molecule has 362 valence electrons. The SMILES string of the molecule is N=C(NCCCCCCNC(=N)NC(=N)NC1CCN(c2c(F)cc3c(=O)c(C(=O)O)cn(C4CC4)c3c2F)C1)NC(=N)NC1CCN(c2c(F)cc3c(=O)c(C(=O)O)cn(C4CC4)c3c2F)C1. The van der Waals surface area contributed by atoms with Crippen molar-refractivity contribution in [2.75, 3.05) is 49.1 Å². The lowest BCUT2D eigenvalue weighted by Gasteiger charge is -2.23. The van der Waals surface area contributed by atoms with Crippen molar-refractivity contribution >= 4 is 69.0 Å². The fourth-order valence-electron chi connectivity index (χ4n) is 9.04. The second kappa shape index (κ2) is 19.4. The molecule has 4 aliphatic rings. The highest BCUT2D eigenvalue weighted by atomic mass is 19.1. The zero-order valence-corrected chi connectivity index (χ0v) is 36.8. The van der Waals surface area contributed by atoms with Crippen molar-refractivity contribution in [1.29, 1.82) is 21.6 Å². The van der Waals surface area contributed by atoms with Crippen molar-refractivity contribution in [2.24, 2.45) is 0 Å². The Kier molecular flexibility index (Phi) is 13.5. The van der Waals surface area contributed by atoms with Crippen LogP contribution in [0.15, 0.2) is 34.1 Å². The van der Waals surface area contributed by atoms with Gasteiger partial charge in [0.05, 0.1) is 21.8 Å². The summed E-state index contributed by atoms with van der Waals surface area (Å²) in [6, 6.07) is 0.631. The maximum absolute atomic E-state index is 16.1. The Bertz CT molecular complexity index is 2670. The monoisotopic (exact) mass is 948 g/mol. The highest BCUT2D eigenvalue weighted by Crippen LogP contribution is 2.41. The normalized spacial score (nSPS) is 17.9. The standard InChI is InChI=1S/C44H52F4N14O6/c45-29-15-25-33(61(23-5-6-23)19-27(37(25)63)39(65)66)31(47)35(29)59-13-9-21(17-59)55-43(51)57-41(49)53-11-3-1-2-4-12-54-42(50)58-44(52)56-22-10-14-60(18-22)36-30(46)16-26-34(32(36)48)62(24-7-8-24)20-28(38(26)64)40(67)68/h15-16,19-24H,1-14,17-18H2,(H,65,66)(H,67,68)(H5,49,51,53,55,57)(H5,50,52,54,56,58). The van der Waals surface area contributed by atoms with E-state index in [-0.39, 0.29) is 107 Å². The number of nitrogens with zero attached hydrogens (tertiary/aromatic N) is 4. The number of guanidine groups is 4. The van der Waals surface area contributed by atoms with Crippen LogP contribution in [-0.4, -0.2) is 106 Å². The second-order valence-electron chi connectivity index (χ2n) is 17.6. The van der Waals surface area contributed by atoms with E-state index in [4.69, 9.17) is 21.6 Å². The molecule has 4 fully saturated rings. The van der Waals surface area contributed by atoms with E-state index >= 15 is 17.6 Å². The molecular weight excluding hydrogens is 897 g/mol. The van der Waals surface area contributed by atoms with Gasteiger partial charge in [0, 0.05) is 75.8 Å². The van der Waals surface area contributed by atoms with Gasteiger partial charge < -0.3 is 50.4 Å². The van der Waals surface area contributed by atoms with Gasteiger partial charge in [-0.2, -0.15) is 0 Å². The molecule has 0 amide bonds. The van der Waals surface area contributed by atoms with Crippen molar-refractivity contribution in [2.45, 2.75) is 88.4 Å². The van der Waals surface area contributed by atoms with Gasteiger partial charge >= 0.3 is 11.9 Å². The maximum atomic E-state index is 16.1. The molecule has 0 bridgehead atoms. The first-order valence-corrected chi connectivity index (χ1v) is 22.5. The molecule has 68 heavy (non-hydrogen) atoms. The van der Waals surface area contributed by atoms with Crippen LogP contribution in [0, 0.1) is 44.9 Å². The van der Waals surface area contributed by atoms with Crippen LogP contribution < -0.4 is 52.6 Å². The molecule has 2 unspecified atom stereocenters. The Balaban J connectivity index is 0.704. The fourth-order valence-corrected chi connectivity index (χ4v) is 9.04. The van der Waals surface area contributed by atoms with E-state index in [1.165, 1.54) is 18.9 Å². The summed E-state index contributed by atoms with van der Waals surface area (Å²) >= 11 is 0. The van der Waals surface area contributed by atoms with Crippen LogP contribution in [0.3, 0.4) is 0 Å². The Labute approximate surface area is 385 Å². The van der Waals surface area contributed by atoms with Crippen molar-refractivity contribution in [3.8, 4) is 0 Å². The van der Waals surface area contributed by atoms with Crippen LogP contribution in [-0.2, 0) is 0 Å². The fraction of sp³-hybridized carbons (Fsp3) is 0.455. The largest absolute Gasteiger partial charge is 0.477 e. The zero-order valence-electron chi connectivity index (χ0n) is 36.8. The smallest absolute Gasteiger partial charge is 0.341 e. The lowest BCUT2D eigenvalue weighted by Crippen LogP contribution is -2.49. The third kappa shape index (κ3) is 9.98. The van der Waals surface area contributed by atoms with Gasteiger partial charge in [0.1, 0.15) is 34.1 Å². The Morgan fingerprint density at radius 3 is 1.32 bits per heavy atom. The average molecular weight is 949 g/mol. The van der Waals surface area contributed by atoms with Crippen LogP contribution in [0.1, 0.15) is 97.0 Å². The molecule has 2 saturated carbocycles. The molecule has 2 aromatic carbocycles. The van der Waals surface area contributed by atoms with E-state index in [1.54, 1.807) is 0 Å². The molecule has 2 aliphatic heterocycles. The minimum atomic E-state index is -1.47. The van der Waals surface area contributed by atoms with Crippen LogP contribution in [0.4, 0.5) is 28.9 Å². The lowest BCUT2D eigenvalue weighted by molar-refractivity contribution is 0.0684. The third-order valence-electron chi connectivity index (χ3n) is 12.6. The first-order valence-electron chi connectivity index (χ1n) is 22.5. The molecule has 2 aromatic heterocycles. The molecule has 0 spiro atoms. The summed E-state index contributed by atoms with van der Waals surface area (Å²) < 4.78 is 65.8. The van der Waals surface area contributed by atoms with Crippen LogP contribution in [0.2, 0.25) is 0 Å². The Morgan fingerprint density at radius 1 is 0.588 bits per heavy atom. The summed E-state index contributed by atoms with van der Waals surface area (Å²) in [4.78, 5) is 52.0. The van der Waals surface area contributed by atoms with E-state index < -0.39 is 57.2 Å². The average Bonchev–Trinajstić information content (AvgIpc) is 4.21. The van der Waals surface area contributed by atoms with Crippen LogP contribution in [0.25, 0.3) is 21.8 Å². The molecule has 2 atom stereocenters. The summed E-state index contributed by atoms with van der Waals surface area (Å²) in [6.07, 6.45) is 8.80. The third-order valence-corrected chi connectivity index (χ3v) is 12.6. The molecule has 24 heteroatoms. The topological polar surface area (TPSA) is 293 Å². The van der Waals surface area contributed by atoms with Crippen molar-refractivity contribution in [3.63, 3.8) is 0 Å². The minimum absolute atomic E-state index is 0.114. The lowest BCUT2D eigenvalue weighted by atomic mass is 10.1. The van der Waals surface area contributed by atoms with Gasteiger partial charge in [-0.3, -0.25) is 41.9 Å². The number of hydrogen-bond acceptors (Lipinski definition) is 10. The van der Waals surface area contributed by atoms with Gasteiger partial charge in [0.15, 0.2) is 35.5 Å². The van der Waals surface area contributed by atoms with Crippen LogP contribution in [0.5, 0.6) is 0 Å². The second-order valence-corrected chi connectivity index (χ2v) is 17.6. The predicted octanol–water partition coefficient (Wildman–Crippen LogP) is 3.63. The van der Waals surface area contributed by atoms with Gasteiger partial charge in [0.2, 0.25) is 10.9 Å². The minimum Gasteiger partial charge on any atom is -0.477 e. The molecular formula is C44H52F4N14O6. The van der Waals surface area contributed by atoms with Gasteiger partial charge in [-0.25, -0.2) is 27.2 Å². The Hall–Kier alpha value is -7.40. The van der Waals surface area contributed by atoms with Crippen molar-refractivity contribution in [1.82, 2.24) is 41.0 Å². The summed E-state index contributed by atoms with van der Waals surface area (Å²) in [5.41, 5.74) is -3.94. The number of unbranched alkanes of at least 4 members (excludes halogenated alkanes) is 3. The first-order chi connectivity index (χ1) is 32.5. The number of carboxylic acid groups (broad SMARTS) is 2. The first kappa shape index (κ1) is 47.1. The molecule has 12 N–H and O–H groups in total. The number of hydrogen-bond donors (Lipinski definition) is 12. The number of fused-ring (bicyclic) bond motifs is 2. The predicted molar refractivity (Wildman–Crippen MR) is 246 cm³/mol. The van der Waals surface area contributed by atoms with E-state index in [0.717, 1.165) is 37.4 Å². The van der Waals surface area contributed by atoms with Crippen molar-refractivity contribution < 1.29 is 37.4 Å². The molecule has 4 aromatic rings. The number of pyridine rings is 2. The van der Waals surface area contributed by atoms with Gasteiger partial charge in [-0.15, -0.1) is 0 Å². The number of aromatic carboxylic acids is 2. The molecule has 2 aliphatic carbocycles. The number of nitrogens with one attached hydrogen (secondary N) is 10.